The summed E-state index contributed by atoms with van der Waals surface area (Å²) in [5.41, 5.74) is 31.5. The Hall–Kier alpha value is -9.15. The maximum Gasteiger partial charge on any atom is 0.163 e. The lowest BCUT2D eigenvalue weighted by atomic mass is 9.98. The Bertz CT molecular complexity index is 5830. The van der Waals surface area contributed by atoms with E-state index in [2.05, 4.69) is 117 Å². The summed E-state index contributed by atoms with van der Waals surface area (Å²) >= 11 is 26.3. The standard InChI is InChI=1S/C25H27ClN2O4.C24H25ClN4O4.C24H25ClN2O5.C24H27ClN2O4/c1-27-12-20-22(29)23(30)24(31)25(32-20)28-13-17(21-18(26)3-2-4-19(21)28)11-14-5-7-15(8-6-14)16-9-10-16;25-17-2-1-3-18-20(17)16(10-13-4-6-14(7-5-13)15-8-9-15)12-29(18)24-23(32)22(31)21(30)19(33-24)11-27-28-26;25-17-2-1-3-18-20(17)16(10-13-4-6-14(7-5-13)15-8-9-15)12-27(18)24-23(30)22(29)21(28)19(32-24)11-26-31;25-17-2-1-3-18-20(17)16(10-13-4-6-14(7-5-13)15-8-9-15)12-27(18)24-23(30)22(29)21(28)19(11-26)31-24/h2-8,12-13,16,20,22-25,29-31H,9-11H2,1H3;1-7,12,15,19,21-24,30-32H,8-11H2;1-7,11-12,15,19,21-24,28-31H,8-10H2;1-7,12,15,19,21-24,28-30H,8-11,26H2/t20-,22-,23+,24-,25-;3*19-,21-,22+,23-,24-/m1111/s1. The number of oxime groups is 1. The second-order valence-electron chi connectivity index (χ2n) is 34.9. The Morgan fingerprint density at radius 3 is 0.891 bits per heavy atom. The van der Waals surface area contributed by atoms with Gasteiger partial charge in [0.15, 0.2) is 24.9 Å². The largest absolute Gasteiger partial charge is 0.411 e. The van der Waals surface area contributed by atoms with Gasteiger partial charge < -0.3 is 109 Å². The zero-order chi connectivity index (χ0) is 89.6. The van der Waals surface area contributed by atoms with Crippen LogP contribution in [0.2, 0.25) is 20.1 Å². The number of nitrogens with two attached hydrogens (primary N) is 1. The fraction of sp³-hybridized carbons (Fsp3) is 0.402. The Labute approximate surface area is 757 Å². The average Bonchev–Trinajstić information content (AvgIpc) is 1.61. The molecule has 4 saturated heterocycles. The van der Waals surface area contributed by atoms with Gasteiger partial charge in [-0.3, -0.25) is 4.99 Å². The second kappa shape index (κ2) is 39.1. The highest BCUT2D eigenvalue weighted by Crippen LogP contribution is 2.47. The fourth-order valence-corrected chi connectivity index (χ4v) is 19.6. The van der Waals surface area contributed by atoms with Gasteiger partial charge in [-0.15, -0.1) is 0 Å². The summed E-state index contributed by atoms with van der Waals surface area (Å²) in [7, 11) is 1.57. The molecule has 31 heteroatoms. The van der Waals surface area contributed by atoms with Crippen molar-refractivity contribution in [3.63, 3.8) is 0 Å². The van der Waals surface area contributed by atoms with Crippen molar-refractivity contribution in [2.75, 3.05) is 20.1 Å². The summed E-state index contributed by atoms with van der Waals surface area (Å²) < 4.78 is 30.7. The third-order valence-electron chi connectivity index (χ3n) is 26.0. The molecule has 0 spiro atoms. The van der Waals surface area contributed by atoms with Crippen LogP contribution in [0.3, 0.4) is 0 Å². The van der Waals surface area contributed by atoms with Gasteiger partial charge in [-0.2, -0.15) is 0 Å². The van der Waals surface area contributed by atoms with Gasteiger partial charge in [-0.25, -0.2) is 0 Å². The number of benzene rings is 8. The van der Waals surface area contributed by atoms with Crippen LogP contribution in [-0.4, -0.2) is 215 Å². The van der Waals surface area contributed by atoms with E-state index in [0.717, 1.165) is 83.2 Å². The number of aliphatic hydroxyl groups excluding tert-OH is 12. The summed E-state index contributed by atoms with van der Waals surface area (Å²) in [6.45, 7) is -0.139. The zero-order valence-corrected chi connectivity index (χ0v) is 73.0. The molecule has 0 amide bonds. The van der Waals surface area contributed by atoms with Gasteiger partial charge in [-0.1, -0.05) is 178 Å². The Morgan fingerprint density at radius 2 is 0.625 bits per heavy atom. The van der Waals surface area contributed by atoms with E-state index in [1.54, 1.807) is 25.3 Å². The highest BCUT2D eigenvalue weighted by Gasteiger charge is 2.49. The van der Waals surface area contributed by atoms with Gasteiger partial charge in [0.05, 0.1) is 61.0 Å². The molecule has 0 bridgehead atoms. The Kier molecular flexibility index (Phi) is 27.7. The van der Waals surface area contributed by atoms with Crippen LogP contribution in [0.1, 0.15) is 167 Å². The first-order valence-electron chi connectivity index (χ1n) is 43.5. The van der Waals surface area contributed by atoms with Gasteiger partial charge in [-0.05, 0) is 222 Å². The van der Waals surface area contributed by atoms with Crippen LogP contribution in [0.4, 0.5) is 0 Å². The van der Waals surface area contributed by atoms with Gasteiger partial charge in [0.1, 0.15) is 91.6 Å². The Balaban J connectivity index is 0.000000120. The van der Waals surface area contributed by atoms with E-state index >= 15 is 0 Å². The smallest absolute Gasteiger partial charge is 0.163 e. The molecule has 8 aromatic carbocycles. The van der Waals surface area contributed by atoms with E-state index in [9.17, 15) is 61.3 Å². The maximum absolute atomic E-state index is 10.7. The van der Waals surface area contributed by atoms with Gasteiger partial charge >= 0.3 is 0 Å². The molecule has 0 radical (unpaired) electrons. The summed E-state index contributed by atoms with van der Waals surface area (Å²) in [5, 5.41) is 146. The van der Waals surface area contributed by atoms with Crippen LogP contribution >= 0.6 is 46.4 Å². The normalized spacial score (nSPS) is 28.4. The molecular weight excluding hydrogens is 1720 g/mol. The lowest BCUT2D eigenvalue weighted by molar-refractivity contribution is -0.241. The molecule has 8 heterocycles. The molecule has 8 fully saturated rings. The van der Waals surface area contributed by atoms with Crippen molar-refractivity contribution in [2.45, 2.75) is 223 Å². The highest BCUT2D eigenvalue weighted by molar-refractivity contribution is 6.37. The molecule has 15 N–H and O–H groups in total. The number of ether oxygens (including phenoxy) is 4. The molecule has 4 aromatic heterocycles. The van der Waals surface area contributed by atoms with Gasteiger partial charge in [0.2, 0.25) is 0 Å². The number of hydrogen-bond donors (Lipinski definition) is 14. The average molecular weight is 1820 g/mol. The molecule has 128 heavy (non-hydrogen) atoms. The van der Waals surface area contributed by atoms with E-state index in [1.165, 1.54) is 91.0 Å². The summed E-state index contributed by atoms with van der Waals surface area (Å²) in [5.74, 6) is 2.82. The van der Waals surface area contributed by atoms with E-state index in [4.69, 9.17) is 81.8 Å². The Morgan fingerprint density at radius 1 is 0.359 bits per heavy atom. The minimum absolute atomic E-state index is 0.0294. The molecule has 672 valence electrons. The minimum Gasteiger partial charge on any atom is -0.411 e. The molecule has 4 aliphatic carbocycles. The topological polar surface area (TPSA) is 419 Å². The monoisotopic (exact) mass is 1820 g/mol. The van der Waals surface area contributed by atoms with Crippen molar-refractivity contribution < 1.29 is 85.4 Å². The highest BCUT2D eigenvalue weighted by atomic mass is 35.5. The second-order valence-corrected chi connectivity index (χ2v) is 36.5. The van der Waals surface area contributed by atoms with Crippen molar-refractivity contribution in [1.29, 1.82) is 0 Å². The van der Waals surface area contributed by atoms with Crippen molar-refractivity contribution in [3.8, 4) is 0 Å². The first-order chi connectivity index (χ1) is 61.9. The van der Waals surface area contributed by atoms with Crippen LogP contribution in [0, 0.1) is 0 Å². The lowest BCUT2D eigenvalue weighted by Gasteiger charge is -2.41. The molecule has 0 unspecified atom stereocenters. The SMILES string of the molecule is CN=C[C@H]1O[C@@H](n2cc(Cc3ccc(C4CC4)cc3)c3c(Cl)cccc32)[C@H](O)[C@@H](O)[C@@H]1O.NC[C@H]1O[C@@H](n2cc(Cc3ccc(C4CC4)cc3)c3c(Cl)cccc32)[C@H](O)[C@@H](O)[C@@H]1O.ON=C[C@H]1O[C@@H](n2cc(Cc3ccc(C4CC4)cc3)c3c(Cl)cccc32)[C@H](O)[C@@H](O)[C@@H]1O.[N-]=[N+]=NC[C@H]1O[C@@H](n2cc(Cc3ccc(C4CC4)cc3)c3c(Cl)cccc32)[C@H](O)[C@@H](O)[C@@H]1O. The van der Waals surface area contributed by atoms with Crippen molar-refractivity contribution in [3.05, 3.63) is 292 Å². The quantitative estimate of drug-likeness (QED) is 0.00793. The summed E-state index contributed by atoms with van der Waals surface area (Å²) in [6, 6.07) is 56.9. The summed E-state index contributed by atoms with van der Waals surface area (Å²) in [4.78, 5) is 6.63. The van der Waals surface area contributed by atoms with Gasteiger partial charge in [0.25, 0.3) is 0 Å². The van der Waals surface area contributed by atoms with E-state index in [-0.39, 0.29) is 13.1 Å². The van der Waals surface area contributed by atoms with Crippen LogP contribution < -0.4 is 5.73 Å². The first kappa shape index (κ1) is 90.8. The van der Waals surface area contributed by atoms with Crippen molar-refractivity contribution >= 4 is 102 Å². The lowest BCUT2D eigenvalue weighted by Crippen LogP contribution is -2.57. The predicted octanol–water partition coefficient (Wildman–Crippen LogP) is 13.4. The number of rotatable bonds is 21. The van der Waals surface area contributed by atoms with E-state index < -0.39 is 123 Å². The number of aliphatic hydroxyl groups is 12. The molecular formula is C97H104Cl4N10O17. The number of nitrogens with zero attached hydrogens (tertiary/aromatic N) is 9. The number of hydrogen-bond acceptors (Lipinski definition) is 21. The van der Waals surface area contributed by atoms with Crippen LogP contribution in [-0.2, 0) is 44.6 Å². The summed E-state index contributed by atoms with van der Waals surface area (Å²) in [6.07, 6.45) is -1.10. The van der Waals surface area contributed by atoms with E-state index in [0.29, 0.717) is 69.4 Å². The molecule has 4 aliphatic heterocycles. The minimum atomic E-state index is -1.48. The van der Waals surface area contributed by atoms with Crippen LogP contribution in [0.15, 0.2) is 210 Å². The molecule has 4 saturated carbocycles. The number of azide groups is 1. The third-order valence-corrected chi connectivity index (χ3v) is 27.3. The maximum atomic E-state index is 10.7. The van der Waals surface area contributed by atoms with E-state index in [1.807, 2.05) is 97.6 Å². The molecule has 8 aliphatic rings. The van der Waals surface area contributed by atoms with Crippen LogP contribution in [0.5, 0.6) is 0 Å². The number of aromatic nitrogens is 4. The third kappa shape index (κ3) is 19.1. The van der Waals surface area contributed by atoms with Crippen LogP contribution in [0.25, 0.3) is 54.1 Å². The van der Waals surface area contributed by atoms with Crippen molar-refractivity contribution in [2.24, 2.45) is 21.0 Å². The van der Waals surface area contributed by atoms with Gasteiger partial charge in [0, 0.05) is 71.1 Å². The molecule has 20 atom stereocenters. The van der Waals surface area contributed by atoms with Crippen molar-refractivity contribution in [1.82, 2.24) is 18.3 Å². The zero-order valence-electron chi connectivity index (χ0n) is 69.9. The molecule has 20 rings (SSSR count). The molecule has 27 nitrogen and oxygen atoms in total. The molecule has 12 aromatic rings. The number of aliphatic imine (C=N–C) groups is 1. The number of halogens is 4. The predicted molar refractivity (Wildman–Crippen MR) is 488 cm³/mol. The number of fused-ring (bicyclic) bond motifs is 4. The fourth-order valence-electron chi connectivity index (χ4n) is 18.4. The first-order valence-corrected chi connectivity index (χ1v) is 45.0.